The zero-order valence-corrected chi connectivity index (χ0v) is 15.3. The van der Waals surface area contributed by atoms with Gasteiger partial charge in [-0.15, -0.1) is 0 Å². The fraction of sp³-hybridized carbons (Fsp3) is 0.400. The van der Waals surface area contributed by atoms with E-state index in [4.69, 9.17) is 5.26 Å². The van der Waals surface area contributed by atoms with Crippen LogP contribution in [0.4, 0.5) is 10.9 Å². The standard InChI is InChI=1S/C15H18N6O2S2/c1-25(22,23)20-12-3-5-21(10-12)9-11-2-4-17-14(6-11)19-15-18-8-13(7-16)24-15/h2,4,6,8,12,20H,3,5,9-10H2,1H3,(H,17,18,19). The van der Waals surface area contributed by atoms with Gasteiger partial charge in [0.15, 0.2) is 5.13 Å². The molecule has 0 aliphatic carbocycles. The van der Waals surface area contributed by atoms with Crippen LogP contribution in [0.5, 0.6) is 0 Å². The summed E-state index contributed by atoms with van der Waals surface area (Å²) in [5.74, 6) is 0.668. The van der Waals surface area contributed by atoms with Crippen LogP contribution in [0.1, 0.15) is 16.9 Å². The largest absolute Gasteiger partial charge is 0.316 e. The van der Waals surface area contributed by atoms with Gasteiger partial charge in [0.05, 0.1) is 12.5 Å². The topological polar surface area (TPSA) is 111 Å². The molecule has 0 radical (unpaired) electrons. The van der Waals surface area contributed by atoms with E-state index >= 15 is 0 Å². The fourth-order valence-electron chi connectivity index (χ4n) is 2.77. The van der Waals surface area contributed by atoms with Crippen LogP contribution in [0, 0.1) is 11.3 Å². The van der Waals surface area contributed by atoms with Gasteiger partial charge in [-0.3, -0.25) is 4.90 Å². The molecule has 10 heteroatoms. The van der Waals surface area contributed by atoms with E-state index in [2.05, 4.69) is 31.0 Å². The van der Waals surface area contributed by atoms with Crippen LogP contribution in [0.25, 0.3) is 0 Å². The molecule has 0 aromatic carbocycles. The molecule has 3 rings (SSSR count). The van der Waals surface area contributed by atoms with Gasteiger partial charge in [0, 0.05) is 31.9 Å². The van der Waals surface area contributed by atoms with E-state index in [0.29, 0.717) is 22.4 Å². The SMILES string of the molecule is CS(=O)(=O)NC1CCN(Cc2ccnc(Nc3ncc(C#N)s3)c2)C1. The molecular formula is C15H18N6O2S2. The molecule has 8 nitrogen and oxygen atoms in total. The Balaban J connectivity index is 1.60. The molecule has 1 unspecified atom stereocenters. The predicted octanol–water partition coefficient (Wildman–Crippen LogP) is 1.28. The molecular weight excluding hydrogens is 360 g/mol. The summed E-state index contributed by atoms with van der Waals surface area (Å²) in [4.78, 5) is 11.1. The fourth-order valence-corrected chi connectivity index (χ4v) is 4.19. The van der Waals surface area contributed by atoms with E-state index in [-0.39, 0.29) is 6.04 Å². The van der Waals surface area contributed by atoms with Crippen molar-refractivity contribution >= 4 is 32.3 Å². The smallest absolute Gasteiger partial charge is 0.208 e. The third-order valence-corrected chi connectivity index (χ3v) is 5.31. The Morgan fingerprint density at radius 1 is 1.48 bits per heavy atom. The van der Waals surface area contributed by atoms with Crippen molar-refractivity contribution in [3.8, 4) is 6.07 Å². The Hall–Kier alpha value is -2.06. The van der Waals surface area contributed by atoms with E-state index in [1.165, 1.54) is 23.8 Å². The number of nitrogens with one attached hydrogen (secondary N) is 2. The summed E-state index contributed by atoms with van der Waals surface area (Å²) in [6.45, 7) is 2.26. The highest BCUT2D eigenvalue weighted by atomic mass is 32.2. The van der Waals surface area contributed by atoms with Crippen molar-refractivity contribution in [3.63, 3.8) is 0 Å². The molecule has 0 saturated carbocycles. The molecule has 1 fully saturated rings. The lowest BCUT2D eigenvalue weighted by molar-refractivity contribution is 0.324. The van der Waals surface area contributed by atoms with Crippen LogP contribution in [0.2, 0.25) is 0 Å². The molecule has 0 amide bonds. The Morgan fingerprint density at radius 3 is 3.04 bits per heavy atom. The minimum Gasteiger partial charge on any atom is -0.316 e. The first-order valence-corrected chi connectivity index (χ1v) is 10.4. The first-order valence-electron chi connectivity index (χ1n) is 7.69. The second-order valence-electron chi connectivity index (χ2n) is 5.93. The van der Waals surface area contributed by atoms with Crippen molar-refractivity contribution in [1.82, 2.24) is 19.6 Å². The van der Waals surface area contributed by atoms with E-state index in [1.807, 2.05) is 12.1 Å². The number of aromatic nitrogens is 2. The molecule has 1 atom stereocenters. The molecule has 3 heterocycles. The highest BCUT2D eigenvalue weighted by Gasteiger charge is 2.24. The Kier molecular flexibility index (Phi) is 5.29. The summed E-state index contributed by atoms with van der Waals surface area (Å²) in [7, 11) is -3.17. The summed E-state index contributed by atoms with van der Waals surface area (Å²) in [5.41, 5.74) is 1.08. The van der Waals surface area contributed by atoms with E-state index in [0.717, 1.165) is 25.1 Å². The lowest BCUT2D eigenvalue weighted by Gasteiger charge is -2.16. The van der Waals surface area contributed by atoms with Crippen LogP contribution in [0.15, 0.2) is 24.5 Å². The average molecular weight is 378 g/mol. The quantitative estimate of drug-likeness (QED) is 0.779. The van der Waals surface area contributed by atoms with E-state index in [9.17, 15) is 8.42 Å². The highest BCUT2D eigenvalue weighted by Crippen LogP contribution is 2.22. The number of hydrogen-bond donors (Lipinski definition) is 2. The van der Waals surface area contributed by atoms with Crippen molar-refractivity contribution in [2.24, 2.45) is 0 Å². The summed E-state index contributed by atoms with van der Waals surface area (Å²) in [6.07, 6.45) is 5.24. The lowest BCUT2D eigenvalue weighted by Crippen LogP contribution is -2.36. The normalized spacial score (nSPS) is 18.2. The zero-order valence-electron chi connectivity index (χ0n) is 13.6. The Morgan fingerprint density at radius 2 is 2.32 bits per heavy atom. The molecule has 25 heavy (non-hydrogen) atoms. The van der Waals surface area contributed by atoms with Crippen LogP contribution in [-0.4, -0.2) is 48.7 Å². The maximum atomic E-state index is 11.3. The molecule has 1 saturated heterocycles. The van der Waals surface area contributed by atoms with Crippen LogP contribution >= 0.6 is 11.3 Å². The summed E-state index contributed by atoms with van der Waals surface area (Å²) >= 11 is 1.27. The van der Waals surface area contributed by atoms with Gasteiger partial charge in [-0.1, -0.05) is 11.3 Å². The van der Waals surface area contributed by atoms with Crippen LogP contribution in [-0.2, 0) is 16.6 Å². The number of nitriles is 1. The predicted molar refractivity (Wildman–Crippen MR) is 96.0 cm³/mol. The monoisotopic (exact) mass is 378 g/mol. The number of rotatable bonds is 6. The average Bonchev–Trinajstić information content (AvgIpc) is 3.15. The van der Waals surface area contributed by atoms with Crippen molar-refractivity contribution in [3.05, 3.63) is 35.0 Å². The third-order valence-electron chi connectivity index (χ3n) is 3.73. The molecule has 1 aliphatic heterocycles. The van der Waals surface area contributed by atoms with Gasteiger partial charge in [-0.2, -0.15) is 5.26 Å². The minimum atomic E-state index is -3.17. The molecule has 2 N–H and O–H groups in total. The van der Waals surface area contributed by atoms with Gasteiger partial charge in [-0.05, 0) is 24.1 Å². The number of nitrogens with zero attached hydrogens (tertiary/aromatic N) is 4. The second-order valence-corrected chi connectivity index (χ2v) is 8.74. The summed E-state index contributed by atoms with van der Waals surface area (Å²) < 4.78 is 25.3. The highest BCUT2D eigenvalue weighted by molar-refractivity contribution is 7.88. The minimum absolute atomic E-state index is 0.0332. The van der Waals surface area contributed by atoms with Crippen LogP contribution < -0.4 is 10.0 Å². The summed E-state index contributed by atoms with van der Waals surface area (Å²) in [6, 6.07) is 5.89. The van der Waals surface area contributed by atoms with Crippen molar-refractivity contribution < 1.29 is 8.42 Å². The van der Waals surface area contributed by atoms with Crippen molar-refractivity contribution in [2.75, 3.05) is 24.7 Å². The van der Waals surface area contributed by atoms with E-state index in [1.54, 1.807) is 6.20 Å². The number of likely N-dealkylation sites (tertiary alicyclic amines) is 1. The Bertz CT molecular complexity index is 889. The zero-order chi connectivity index (χ0) is 17.9. The lowest BCUT2D eigenvalue weighted by atomic mass is 10.2. The van der Waals surface area contributed by atoms with Gasteiger partial charge < -0.3 is 5.32 Å². The van der Waals surface area contributed by atoms with Gasteiger partial charge in [0.1, 0.15) is 16.8 Å². The molecule has 1 aliphatic rings. The number of pyridine rings is 1. The Labute approximate surface area is 150 Å². The summed E-state index contributed by atoms with van der Waals surface area (Å²) in [5, 5.41) is 12.6. The molecule has 0 bridgehead atoms. The number of thiazole rings is 1. The maximum absolute atomic E-state index is 11.3. The van der Waals surface area contributed by atoms with Gasteiger partial charge in [-0.25, -0.2) is 23.1 Å². The van der Waals surface area contributed by atoms with Crippen LogP contribution in [0.3, 0.4) is 0 Å². The number of sulfonamides is 1. The third kappa shape index (κ3) is 5.20. The van der Waals surface area contributed by atoms with Crippen molar-refractivity contribution in [2.45, 2.75) is 19.0 Å². The molecule has 0 spiro atoms. The molecule has 132 valence electrons. The first kappa shape index (κ1) is 17.8. The van der Waals surface area contributed by atoms with E-state index < -0.39 is 10.0 Å². The van der Waals surface area contributed by atoms with Gasteiger partial charge >= 0.3 is 0 Å². The second kappa shape index (κ2) is 7.45. The van der Waals surface area contributed by atoms with Gasteiger partial charge in [0.2, 0.25) is 10.0 Å². The number of anilines is 2. The molecule has 2 aromatic heterocycles. The number of hydrogen-bond acceptors (Lipinski definition) is 8. The first-order chi connectivity index (χ1) is 11.9. The van der Waals surface area contributed by atoms with Gasteiger partial charge in [0.25, 0.3) is 0 Å². The van der Waals surface area contributed by atoms with Crippen molar-refractivity contribution in [1.29, 1.82) is 5.26 Å². The molecule has 2 aromatic rings. The maximum Gasteiger partial charge on any atom is 0.208 e.